The van der Waals surface area contributed by atoms with Gasteiger partial charge >= 0.3 is 0 Å². The Kier molecular flexibility index (Phi) is 5.39. The molecule has 1 aliphatic heterocycles. The Balaban J connectivity index is 1.30. The highest BCUT2D eigenvalue weighted by Crippen LogP contribution is 2.40. The van der Waals surface area contributed by atoms with E-state index in [2.05, 4.69) is 15.0 Å². The third-order valence-electron chi connectivity index (χ3n) is 5.96. The molecule has 32 heavy (non-hydrogen) atoms. The van der Waals surface area contributed by atoms with Crippen molar-refractivity contribution in [1.82, 2.24) is 14.4 Å². The van der Waals surface area contributed by atoms with Gasteiger partial charge in [-0.1, -0.05) is 5.16 Å². The Morgan fingerprint density at radius 1 is 1.12 bits per heavy atom. The molecule has 2 fully saturated rings. The number of hydrogen-bond acceptors (Lipinski definition) is 8. The van der Waals surface area contributed by atoms with E-state index >= 15 is 0 Å². The average Bonchev–Trinajstić information content (AvgIpc) is 3.38. The third-order valence-corrected chi connectivity index (χ3v) is 9.16. The van der Waals surface area contributed by atoms with Crippen molar-refractivity contribution in [3.05, 3.63) is 46.7 Å². The van der Waals surface area contributed by atoms with Crippen LogP contribution < -0.4 is 4.90 Å². The Morgan fingerprint density at radius 2 is 1.81 bits per heavy atom. The molecule has 8 nitrogen and oxygen atoms in total. The molecule has 1 aromatic carbocycles. The number of sulfonamides is 1. The van der Waals surface area contributed by atoms with Crippen molar-refractivity contribution in [1.29, 1.82) is 0 Å². The van der Waals surface area contributed by atoms with Gasteiger partial charge in [0.15, 0.2) is 5.78 Å². The van der Waals surface area contributed by atoms with Crippen molar-refractivity contribution in [2.45, 2.75) is 37.5 Å². The number of rotatable bonds is 6. The predicted octanol–water partition coefficient (Wildman–Crippen LogP) is 3.70. The number of Topliss-reactive ketones (excluding diaryl/α,β-unsaturated/α-hetero) is 1. The van der Waals surface area contributed by atoms with Crippen molar-refractivity contribution in [2.75, 3.05) is 31.1 Å². The summed E-state index contributed by atoms with van der Waals surface area (Å²) in [4.78, 5) is 19.8. The standard InChI is InChI=1S/C22H24N4O4S2/c1-14(27)16-5-7-18(8-6-16)25-9-11-26(12-10-25)32(28,29)20-13-19(31-15(20)2)21-23-22(30-24-21)17-3-4-17/h5-8,13,17H,3-4,9-12H2,1-2H3. The van der Waals surface area contributed by atoms with Crippen LogP contribution in [0.2, 0.25) is 0 Å². The summed E-state index contributed by atoms with van der Waals surface area (Å²) in [5.74, 6) is 1.49. The van der Waals surface area contributed by atoms with Crippen LogP contribution in [0.15, 0.2) is 39.8 Å². The van der Waals surface area contributed by atoms with Crippen LogP contribution in [-0.2, 0) is 10.0 Å². The second-order valence-electron chi connectivity index (χ2n) is 8.26. The van der Waals surface area contributed by atoms with Crippen molar-refractivity contribution in [2.24, 2.45) is 0 Å². The van der Waals surface area contributed by atoms with Crippen molar-refractivity contribution >= 4 is 32.8 Å². The molecule has 3 heterocycles. The van der Waals surface area contributed by atoms with Crippen molar-refractivity contribution in [3.63, 3.8) is 0 Å². The monoisotopic (exact) mass is 472 g/mol. The third kappa shape index (κ3) is 3.98. The molecule has 2 aliphatic rings. The second kappa shape index (κ2) is 8.09. The number of aromatic nitrogens is 2. The van der Waals surface area contributed by atoms with Crippen LogP contribution in [0.1, 0.15) is 46.8 Å². The first-order valence-corrected chi connectivity index (χ1v) is 12.9. The number of ketones is 1. The fourth-order valence-electron chi connectivity index (χ4n) is 3.90. The summed E-state index contributed by atoms with van der Waals surface area (Å²) in [6.07, 6.45) is 2.13. The minimum atomic E-state index is -3.61. The Labute approximate surface area is 190 Å². The summed E-state index contributed by atoms with van der Waals surface area (Å²) >= 11 is 1.38. The minimum Gasteiger partial charge on any atom is -0.369 e. The van der Waals surface area contributed by atoms with E-state index in [0.717, 1.165) is 23.4 Å². The summed E-state index contributed by atoms with van der Waals surface area (Å²) in [6, 6.07) is 9.12. The largest absolute Gasteiger partial charge is 0.369 e. The summed E-state index contributed by atoms with van der Waals surface area (Å²) in [5.41, 5.74) is 1.66. The molecule has 168 valence electrons. The zero-order chi connectivity index (χ0) is 22.5. The van der Waals surface area contributed by atoms with Gasteiger partial charge < -0.3 is 9.42 Å². The van der Waals surface area contributed by atoms with Gasteiger partial charge in [0.2, 0.25) is 21.7 Å². The predicted molar refractivity (Wildman–Crippen MR) is 122 cm³/mol. The molecular formula is C22H24N4O4S2. The van der Waals surface area contributed by atoms with Crippen LogP contribution >= 0.6 is 11.3 Å². The number of thiophene rings is 1. The zero-order valence-electron chi connectivity index (χ0n) is 17.9. The van der Waals surface area contributed by atoms with Gasteiger partial charge in [0.25, 0.3) is 0 Å². The van der Waals surface area contributed by atoms with Gasteiger partial charge in [0, 0.05) is 48.2 Å². The van der Waals surface area contributed by atoms with E-state index in [1.54, 1.807) is 13.0 Å². The summed E-state index contributed by atoms with van der Waals surface area (Å²) in [5, 5.41) is 4.05. The first-order chi connectivity index (χ1) is 15.3. The molecular weight excluding hydrogens is 448 g/mol. The molecule has 1 aliphatic carbocycles. The molecule has 1 saturated carbocycles. The van der Waals surface area contributed by atoms with Gasteiger partial charge in [-0.25, -0.2) is 8.42 Å². The summed E-state index contributed by atoms with van der Waals surface area (Å²) < 4.78 is 33.6. The van der Waals surface area contributed by atoms with E-state index < -0.39 is 10.0 Å². The van der Waals surface area contributed by atoms with Gasteiger partial charge in [-0.15, -0.1) is 11.3 Å². The molecule has 3 aromatic rings. The normalized spacial score (nSPS) is 17.6. The molecule has 0 amide bonds. The van der Waals surface area contributed by atoms with E-state index in [-0.39, 0.29) is 5.78 Å². The number of piperazine rings is 1. The van der Waals surface area contributed by atoms with Crippen LogP contribution in [0, 0.1) is 6.92 Å². The number of nitrogens with zero attached hydrogens (tertiary/aromatic N) is 4. The Bertz CT molecular complexity index is 1250. The van der Waals surface area contributed by atoms with Gasteiger partial charge in [-0.2, -0.15) is 9.29 Å². The lowest BCUT2D eigenvalue weighted by molar-refractivity contribution is 0.101. The fourth-order valence-corrected chi connectivity index (χ4v) is 6.80. The number of carbonyl (C=O) groups is 1. The molecule has 1 saturated heterocycles. The van der Waals surface area contributed by atoms with E-state index in [1.807, 2.05) is 31.2 Å². The average molecular weight is 473 g/mol. The number of carbonyl (C=O) groups excluding carboxylic acids is 1. The number of benzene rings is 1. The van der Waals surface area contributed by atoms with E-state index in [1.165, 1.54) is 15.6 Å². The number of hydrogen-bond donors (Lipinski definition) is 0. The molecule has 0 spiro atoms. The second-order valence-corrected chi connectivity index (χ2v) is 11.4. The highest BCUT2D eigenvalue weighted by atomic mass is 32.2. The maximum absolute atomic E-state index is 13.4. The summed E-state index contributed by atoms with van der Waals surface area (Å²) in [6.45, 7) is 5.33. The van der Waals surface area contributed by atoms with E-state index in [9.17, 15) is 13.2 Å². The van der Waals surface area contributed by atoms with Gasteiger partial charge in [-0.05, 0) is 57.0 Å². The topological polar surface area (TPSA) is 96.6 Å². The Morgan fingerprint density at radius 3 is 2.44 bits per heavy atom. The van der Waals surface area contributed by atoms with Crippen LogP contribution in [0.25, 0.3) is 10.7 Å². The van der Waals surface area contributed by atoms with Crippen LogP contribution in [0.5, 0.6) is 0 Å². The Hall–Kier alpha value is -2.56. The molecule has 10 heteroatoms. The highest BCUT2D eigenvalue weighted by molar-refractivity contribution is 7.89. The van der Waals surface area contributed by atoms with Crippen LogP contribution in [0.4, 0.5) is 5.69 Å². The maximum Gasteiger partial charge on any atom is 0.244 e. The van der Waals surface area contributed by atoms with Crippen molar-refractivity contribution in [3.8, 4) is 10.7 Å². The van der Waals surface area contributed by atoms with Gasteiger partial charge in [0.05, 0.1) is 9.77 Å². The zero-order valence-corrected chi connectivity index (χ0v) is 19.6. The first kappa shape index (κ1) is 21.3. The maximum atomic E-state index is 13.4. The number of anilines is 1. The lowest BCUT2D eigenvalue weighted by Gasteiger charge is -2.35. The molecule has 0 unspecified atom stereocenters. The first-order valence-electron chi connectivity index (χ1n) is 10.6. The minimum absolute atomic E-state index is 0.0301. The smallest absolute Gasteiger partial charge is 0.244 e. The molecule has 0 bridgehead atoms. The van der Waals surface area contributed by atoms with Gasteiger partial charge in [-0.3, -0.25) is 4.79 Å². The quantitative estimate of drug-likeness (QED) is 0.505. The van der Waals surface area contributed by atoms with Crippen molar-refractivity contribution < 1.29 is 17.7 Å². The molecule has 0 N–H and O–H groups in total. The SMILES string of the molecule is CC(=O)c1ccc(N2CCN(S(=O)(=O)c3cc(-c4noc(C5CC5)n4)sc3C)CC2)cc1. The van der Waals surface area contributed by atoms with Gasteiger partial charge in [0.1, 0.15) is 0 Å². The van der Waals surface area contributed by atoms with E-state index in [0.29, 0.717) is 59.1 Å². The lowest BCUT2D eigenvalue weighted by atomic mass is 10.1. The van der Waals surface area contributed by atoms with Crippen LogP contribution in [0.3, 0.4) is 0 Å². The summed E-state index contributed by atoms with van der Waals surface area (Å²) in [7, 11) is -3.61. The molecule has 0 atom stereocenters. The number of aryl methyl sites for hydroxylation is 1. The highest BCUT2D eigenvalue weighted by Gasteiger charge is 2.33. The van der Waals surface area contributed by atoms with E-state index in [4.69, 9.17) is 4.52 Å². The molecule has 0 radical (unpaired) electrons. The van der Waals surface area contributed by atoms with Crippen LogP contribution in [-0.4, -0.2) is 54.8 Å². The molecule has 5 rings (SSSR count). The molecule has 2 aromatic heterocycles. The fraction of sp³-hybridized carbons (Fsp3) is 0.409. The lowest BCUT2D eigenvalue weighted by Crippen LogP contribution is -2.48.